The quantitative estimate of drug-likeness (QED) is 0.334. The van der Waals surface area contributed by atoms with Crippen LogP contribution >= 0.6 is 0 Å². The first-order valence-electron chi connectivity index (χ1n) is 6.87. The molecular weight excluding hydrogens is 292 g/mol. The number of nitrogens with zero attached hydrogens (tertiary/aromatic N) is 2. The van der Waals surface area contributed by atoms with E-state index in [4.69, 9.17) is 16.2 Å². The van der Waals surface area contributed by atoms with E-state index in [1.54, 1.807) is 48.8 Å². The summed E-state index contributed by atoms with van der Waals surface area (Å²) in [4.78, 5) is 20.1. The Morgan fingerprint density at radius 3 is 2.52 bits per heavy atom. The molecule has 0 amide bonds. The summed E-state index contributed by atoms with van der Waals surface area (Å²) in [6.07, 6.45) is 3.44. The van der Waals surface area contributed by atoms with Crippen LogP contribution in [0.3, 0.4) is 0 Å². The Bertz CT molecular complexity index is 884. The number of fused-ring (bicyclic) bond motifs is 1. The fourth-order valence-electron chi connectivity index (χ4n) is 2.11. The molecule has 0 saturated heterocycles. The minimum absolute atomic E-state index is 0.0361. The van der Waals surface area contributed by atoms with Crippen LogP contribution in [0.1, 0.15) is 10.4 Å². The second kappa shape index (κ2) is 6.15. The topological polar surface area (TPSA) is 104 Å². The van der Waals surface area contributed by atoms with Gasteiger partial charge < -0.3 is 16.2 Å². The van der Waals surface area contributed by atoms with Gasteiger partial charge in [-0.2, -0.15) is 0 Å². The lowest BCUT2D eigenvalue weighted by molar-refractivity contribution is 0.0735. The molecule has 0 aliphatic carbocycles. The maximum Gasteiger partial charge on any atom is 0.343 e. The number of hydrogen-bond donors (Lipinski definition) is 2. The maximum atomic E-state index is 12.2. The van der Waals surface area contributed by atoms with Crippen LogP contribution in [-0.4, -0.2) is 16.9 Å². The smallest absolute Gasteiger partial charge is 0.343 e. The van der Waals surface area contributed by atoms with Crippen molar-refractivity contribution in [1.29, 1.82) is 0 Å². The van der Waals surface area contributed by atoms with E-state index in [9.17, 15) is 4.79 Å². The average molecular weight is 306 g/mol. The van der Waals surface area contributed by atoms with Crippen molar-refractivity contribution in [3.05, 3.63) is 66.5 Å². The predicted octanol–water partition coefficient (Wildman–Crippen LogP) is 2.36. The molecule has 23 heavy (non-hydrogen) atoms. The van der Waals surface area contributed by atoms with E-state index < -0.39 is 5.97 Å². The van der Waals surface area contributed by atoms with Gasteiger partial charge in [0.2, 0.25) is 0 Å². The van der Waals surface area contributed by atoms with Gasteiger partial charge in [0.25, 0.3) is 0 Å². The molecule has 4 N–H and O–H groups in total. The Morgan fingerprint density at radius 2 is 1.78 bits per heavy atom. The first-order valence-corrected chi connectivity index (χ1v) is 6.87. The third-order valence-corrected chi connectivity index (χ3v) is 3.18. The number of ether oxygens (including phenoxy) is 1. The summed E-state index contributed by atoms with van der Waals surface area (Å²) < 4.78 is 5.38. The van der Waals surface area contributed by atoms with Crippen molar-refractivity contribution in [2.24, 2.45) is 16.5 Å². The van der Waals surface area contributed by atoms with Crippen molar-refractivity contribution in [1.82, 2.24) is 4.98 Å². The van der Waals surface area contributed by atoms with Crippen molar-refractivity contribution in [2.45, 2.75) is 0 Å². The molecule has 0 aliphatic heterocycles. The second-order valence-corrected chi connectivity index (χ2v) is 4.86. The first kappa shape index (κ1) is 14.5. The highest BCUT2D eigenvalue weighted by molar-refractivity contribution is 5.92. The molecule has 6 heteroatoms. The fraction of sp³-hybridized carbons (Fsp3) is 0. The van der Waals surface area contributed by atoms with Crippen LogP contribution in [0, 0.1) is 0 Å². The molecule has 3 aromatic rings. The van der Waals surface area contributed by atoms with E-state index >= 15 is 0 Å². The van der Waals surface area contributed by atoms with Gasteiger partial charge in [0.15, 0.2) is 5.96 Å². The summed E-state index contributed by atoms with van der Waals surface area (Å²) >= 11 is 0. The Morgan fingerprint density at radius 1 is 1.00 bits per heavy atom. The van der Waals surface area contributed by atoms with E-state index in [-0.39, 0.29) is 5.96 Å². The predicted molar refractivity (Wildman–Crippen MR) is 88.6 cm³/mol. The van der Waals surface area contributed by atoms with Gasteiger partial charge in [-0.1, -0.05) is 0 Å². The molecule has 0 spiro atoms. The number of benzene rings is 2. The Hall–Kier alpha value is -3.41. The number of rotatable bonds is 3. The van der Waals surface area contributed by atoms with Crippen LogP contribution in [0.25, 0.3) is 10.8 Å². The summed E-state index contributed by atoms with van der Waals surface area (Å²) in [7, 11) is 0. The molecule has 1 heterocycles. The summed E-state index contributed by atoms with van der Waals surface area (Å²) in [6, 6.07) is 13.7. The van der Waals surface area contributed by atoms with Crippen molar-refractivity contribution in [3.63, 3.8) is 0 Å². The molecule has 0 radical (unpaired) electrons. The van der Waals surface area contributed by atoms with Gasteiger partial charge in [-0.05, 0) is 53.9 Å². The Labute approximate surface area is 132 Å². The maximum absolute atomic E-state index is 12.2. The van der Waals surface area contributed by atoms with E-state index in [0.29, 0.717) is 17.0 Å². The molecule has 0 bridgehead atoms. The molecule has 6 nitrogen and oxygen atoms in total. The summed E-state index contributed by atoms with van der Waals surface area (Å²) in [5, 5.41) is 1.93. The molecule has 0 unspecified atom stereocenters. The largest absolute Gasteiger partial charge is 0.423 e. The summed E-state index contributed by atoms with van der Waals surface area (Å²) in [5.41, 5.74) is 11.6. The highest BCUT2D eigenvalue weighted by Crippen LogP contribution is 2.21. The SMILES string of the molecule is NC(N)=Nc1ccc(C(=O)Oc2ccc3cnccc3c2)cc1. The van der Waals surface area contributed by atoms with Gasteiger partial charge in [-0.3, -0.25) is 4.98 Å². The molecule has 0 fully saturated rings. The zero-order valence-corrected chi connectivity index (χ0v) is 12.1. The standard InChI is InChI=1S/C17H14N4O2/c18-17(19)21-14-4-1-11(2-5-14)16(22)23-15-6-3-13-10-20-8-7-12(13)9-15/h1-10H,(H4,18,19,21). The van der Waals surface area contributed by atoms with Crippen LogP contribution in [0.15, 0.2) is 65.9 Å². The van der Waals surface area contributed by atoms with Crippen molar-refractivity contribution < 1.29 is 9.53 Å². The minimum Gasteiger partial charge on any atom is -0.423 e. The van der Waals surface area contributed by atoms with Crippen molar-refractivity contribution >= 4 is 28.4 Å². The number of hydrogen-bond acceptors (Lipinski definition) is 4. The lowest BCUT2D eigenvalue weighted by Gasteiger charge is -2.06. The Balaban J connectivity index is 1.78. The Kier molecular flexibility index (Phi) is 3.88. The molecule has 0 atom stereocenters. The number of guanidine groups is 1. The highest BCUT2D eigenvalue weighted by Gasteiger charge is 2.09. The lowest BCUT2D eigenvalue weighted by atomic mass is 10.2. The molecule has 114 valence electrons. The van der Waals surface area contributed by atoms with Crippen molar-refractivity contribution in [3.8, 4) is 5.75 Å². The number of aromatic nitrogens is 1. The van der Waals surface area contributed by atoms with E-state index in [2.05, 4.69) is 9.98 Å². The lowest BCUT2D eigenvalue weighted by Crippen LogP contribution is -2.21. The summed E-state index contributed by atoms with van der Waals surface area (Å²) in [6.45, 7) is 0. The van der Waals surface area contributed by atoms with Crippen LogP contribution in [0.4, 0.5) is 5.69 Å². The number of aliphatic imine (C=N–C) groups is 1. The van der Waals surface area contributed by atoms with E-state index in [0.717, 1.165) is 10.8 Å². The zero-order valence-electron chi connectivity index (χ0n) is 12.1. The third-order valence-electron chi connectivity index (χ3n) is 3.18. The van der Waals surface area contributed by atoms with Gasteiger partial charge in [0.05, 0.1) is 11.3 Å². The van der Waals surface area contributed by atoms with Crippen LogP contribution < -0.4 is 16.2 Å². The number of esters is 1. The number of pyridine rings is 1. The van der Waals surface area contributed by atoms with Crippen LogP contribution in [0.2, 0.25) is 0 Å². The van der Waals surface area contributed by atoms with E-state index in [1.807, 2.05) is 12.1 Å². The van der Waals surface area contributed by atoms with Crippen LogP contribution in [-0.2, 0) is 0 Å². The van der Waals surface area contributed by atoms with Gasteiger partial charge in [-0.15, -0.1) is 0 Å². The molecule has 0 saturated carbocycles. The molecule has 2 aromatic carbocycles. The van der Waals surface area contributed by atoms with E-state index in [1.165, 1.54) is 0 Å². The molecular formula is C17H14N4O2. The molecule has 0 aliphatic rings. The van der Waals surface area contributed by atoms with Gasteiger partial charge in [-0.25, -0.2) is 9.79 Å². The van der Waals surface area contributed by atoms with Crippen LogP contribution in [0.5, 0.6) is 5.75 Å². The third kappa shape index (κ3) is 3.44. The van der Waals surface area contributed by atoms with Crippen molar-refractivity contribution in [2.75, 3.05) is 0 Å². The normalized spacial score (nSPS) is 10.3. The highest BCUT2D eigenvalue weighted by atomic mass is 16.5. The number of nitrogens with two attached hydrogens (primary N) is 2. The molecule has 1 aromatic heterocycles. The average Bonchev–Trinajstić information content (AvgIpc) is 2.55. The van der Waals surface area contributed by atoms with Gasteiger partial charge in [0, 0.05) is 17.8 Å². The first-order chi connectivity index (χ1) is 11.1. The number of carbonyl (C=O) groups excluding carboxylic acids is 1. The molecule has 3 rings (SSSR count). The number of carbonyl (C=O) groups is 1. The fourth-order valence-corrected chi connectivity index (χ4v) is 2.11. The minimum atomic E-state index is -0.449. The zero-order chi connectivity index (χ0) is 16.2. The second-order valence-electron chi connectivity index (χ2n) is 4.86. The van der Waals surface area contributed by atoms with Gasteiger partial charge in [0.1, 0.15) is 5.75 Å². The van der Waals surface area contributed by atoms with Gasteiger partial charge >= 0.3 is 5.97 Å². The summed E-state index contributed by atoms with van der Waals surface area (Å²) in [5.74, 6) is -0.0114. The monoisotopic (exact) mass is 306 g/mol.